The monoisotopic (exact) mass is 252 g/mol. The summed E-state index contributed by atoms with van der Waals surface area (Å²) in [6.45, 7) is 1.93. The third kappa shape index (κ3) is 2.47. The Morgan fingerprint density at radius 2 is 1.84 bits per heavy atom. The highest BCUT2D eigenvalue weighted by molar-refractivity contribution is 5.85. The number of fused-ring (bicyclic) bond motifs is 1. The molecule has 0 saturated carbocycles. The van der Waals surface area contributed by atoms with Gasteiger partial charge >= 0.3 is 0 Å². The first-order chi connectivity index (χ1) is 9.20. The van der Waals surface area contributed by atoms with Gasteiger partial charge in [-0.1, -0.05) is 12.1 Å². The van der Waals surface area contributed by atoms with Gasteiger partial charge in [-0.2, -0.15) is 5.10 Å². The molecule has 1 aromatic heterocycles. The predicted molar refractivity (Wildman–Crippen MR) is 72.5 cm³/mol. The topological polar surface area (TPSA) is 55.2 Å². The molecule has 0 amide bonds. The molecule has 0 spiro atoms. The van der Waals surface area contributed by atoms with E-state index in [1.165, 1.54) is 0 Å². The zero-order chi connectivity index (χ0) is 13.2. The Balaban J connectivity index is 1.97. The van der Waals surface area contributed by atoms with E-state index in [0.29, 0.717) is 11.6 Å². The van der Waals surface area contributed by atoms with Crippen molar-refractivity contribution in [3.05, 3.63) is 54.2 Å². The zero-order valence-electron chi connectivity index (χ0n) is 10.4. The maximum absolute atomic E-state index is 9.48. The van der Waals surface area contributed by atoms with Crippen LogP contribution in [0.3, 0.4) is 0 Å². The smallest absolute Gasteiger partial charge is 0.239 e. The maximum atomic E-state index is 9.48. The Hall–Kier alpha value is -2.62. The molecule has 0 bridgehead atoms. The van der Waals surface area contributed by atoms with E-state index < -0.39 is 0 Å². The molecule has 0 aliphatic carbocycles. The molecule has 1 heterocycles. The first-order valence-corrected chi connectivity index (χ1v) is 5.91. The Bertz CT molecular complexity index is 741. The number of aromatic nitrogens is 2. The lowest BCUT2D eigenvalue weighted by Crippen LogP contribution is -1.91. The number of benzene rings is 2. The maximum Gasteiger partial charge on any atom is 0.239 e. The van der Waals surface area contributed by atoms with Crippen LogP contribution in [-0.4, -0.2) is 15.3 Å². The molecule has 4 nitrogen and oxygen atoms in total. The van der Waals surface area contributed by atoms with E-state index in [9.17, 15) is 5.11 Å². The molecule has 0 unspecified atom stereocenters. The Kier molecular flexibility index (Phi) is 2.76. The van der Waals surface area contributed by atoms with E-state index in [1.807, 2.05) is 37.3 Å². The highest BCUT2D eigenvalue weighted by Crippen LogP contribution is 2.26. The van der Waals surface area contributed by atoms with Crippen molar-refractivity contribution < 1.29 is 9.84 Å². The van der Waals surface area contributed by atoms with E-state index in [0.717, 1.165) is 16.3 Å². The lowest BCUT2D eigenvalue weighted by molar-refractivity contribution is 0.455. The molecule has 0 radical (unpaired) electrons. The van der Waals surface area contributed by atoms with Gasteiger partial charge in [0.15, 0.2) is 0 Å². The van der Waals surface area contributed by atoms with Crippen molar-refractivity contribution in [3.63, 3.8) is 0 Å². The SMILES string of the molecule is Cc1cnnc(Oc2ccc3ccc(O)cc3c2)c1. The van der Waals surface area contributed by atoms with Gasteiger partial charge in [0.05, 0.1) is 6.20 Å². The molecule has 0 fully saturated rings. The molecule has 3 rings (SSSR count). The summed E-state index contributed by atoms with van der Waals surface area (Å²) in [5, 5.41) is 19.2. The van der Waals surface area contributed by atoms with Crippen LogP contribution in [0.15, 0.2) is 48.7 Å². The minimum atomic E-state index is 0.236. The summed E-state index contributed by atoms with van der Waals surface area (Å²) in [5.41, 5.74) is 0.989. The summed E-state index contributed by atoms with van der Waals surface area (Å²) in [6, 6.07) is 12.7. The fourth-order valence-corrected chi connectivity index (χ4v) is 1.88. The van der Waals surface area contributed by atoms with Crippen molar-refractivity contribution in [2.75, 3.05) is 0 Å². The van der Waals surface area contributed by atoms with Crippen LogP contribution < -0.4 is 4.74 Å². The predicted octanol–water partition coefficient (Wildman–Crippen LogP) is 3.44. The van der Waals surface area contributed by atoms with Gasteiger partial charge in [-0.05, 0) is 47.5 Å². The van der Waals surface area contributed by atoms with Crippen LogP contribution in [0.25, 0.3) is 10.8 Å². The van der Waals surface area contributed by atoms with Crippen molar-refractivity contribution in [3.8, 4) is 17.4 Å². The summed E-state index contributed by atoms with van der Waals surface area (Å²) >= 11 is 0. The van der Waals surface area contributed by atoms with Crippen LogP contribution in [0.5, 0.6) is 17.4 Å². The zero-order valence-corrected chi connectivity index (χ0v) is 10.4. The summed E-state index contributed by atoms with van der Waals surface area (Å²) in [4.78, 5) is 0. The minimum Gasteiger partial charge on any atom is -0.508 e. The first kappa shape index (κ1) is 11.5. The molecule has 0 aliphatic rings. The van der Waals surface area contributed by atoms with Gasteiger partial charge in [-0.15, -0.1) is 5.10 Å². The van der Waals surface area contributed by atoms with E-state index in [-0.39, 0.29) is 5.75 Å². The van der Waals surface area contributed by atoms with Gasteiger partial charge < -0.3 is 9.84 Å². The minimum absolute atomic E-state index is 0.236. The Morgan fingerprint density at radius 1 is 1.00 bits per heavy atom. The molecular weight excluding hydrogens is 240 g/mol. The number of aromatic hydroxyl groups is 1. The fourth-order valence-electron chi connectivity index (χ4n) is 1.88. The van der Waals surface area contributed by atoms with E-state index >= 15 is 0 Å². The molecule has 0 saturated heterocycles. The third-order valence-electron chi connectivity index (χ3n) is 2.79. The fraction of sp³-hybridized carbons (Fsp3) is 0.0667. The van der Waals surface area contributed by atoms with Gasteiger partial charge in [0.1, 0.15) is 11.5 Å². The van der Waals surface area contributed by atoms with Gasteiger partial charge in [0.2, 0.25) is 5.88 Å². The van der Waals surface area contributed by atoms with E-state index in [2.05, 4.69) is 10.2 Å². The number of hydrogen-bond acceptors (Lipinski definition) is 4. The lowest BCUT2D eigenvalue weighted by Gasteiger charge is -2.06. The molecule has 0 atom stereocenters. The molecule has 1 N–H and O–H groups in total. The van der Waals surface area contributed by atoms with Gasteiger partial charge in [-0.3, -0.25) is 0 Å². The average Bonchev–Trinajstić information content (AvgIpc) is 2.38. The number of aryl methyl sites for hydroxylation is 1. The summed E-state index contributed by atoms with van der Waals surface area (Å²) in [6.07, 6.45) is 1.67. The van der Waals surface area contributed by atoms with Crippen LogP contribution in [0.1, 0.15) is 5.56 Å². The van der Waals surface area contributed by atoms with Crippen LogP contribution in [0, 0.1) is 6.92 Å². The number of nitrogens with zero attached hydrogens (tertiary/aromatic N) is 2. The highest BCUT2D eigenvalue weighted by Gasteiger charge is 2.02. The van der Waals surface area contributed by atoms with Crippen molar-refractivity contribution in [1.82, 2.24) is 10.2 Å². The molecule has 3 aromatic rings. The van der Waals surface area contributed by atoms with Crippen molar-refractivity contribution >= 4 is 10.8 Å². The molecule has 0 aliphatic heterocycles. The lowest BCUT2D eigenvalue weighted by atomic mass is 10.1. The first-order valence-electron chi connectivity index (χ1n) is 5.91. The number of hydrogen-bond donors (Lipinski definition) is 1. The second-order valence-corrected chi connectivity index (χ2v) is 4.37. The number of rotatable bonds is 2. The average molecular weight is 252 g/mol. The van der Waals surface area contributed by atoms with Gasteiger partial charge in [0, 0.05) is 6.07 Å². The van der Waals surface area contributed by atoms with Crippen molar-refractivity contribution in [2.24, 2.45) is 0 Å². The van der Waals surface area contributed by atoms with Crippen LogP contribution in [0.4, 0.5) is 0 Å². The number of phenols is 1. The number of ether oxygens (including phenoxy) is 1. The van der Waals surface area contributed by atoms with Gasteiger partial charge in [0.25, 0.3) is 0 Å². The molecule has 4 heteroatoms. The molecule has 94 valence electrons. The summed E-state index contributed by atoms with van der Waals surface area (Å²) in [5.74, 6) is 1.36. The second kappa shape index (κ2) is 4.57. The van der Waals surface area contributed by atoms with Crippen molar-refractivity contribution in [2.45, 2.75) is 6.92 Å². The summed E-state index contributed by atoms with van der Waals surface area (Å²) in [7, 11) is 0. The third-order valence-corrected chi connectivity index (χ3v) is 2.79. The summed E-state index contributed by atoms with van der Waals surface area (Å²) < 4.78 is 5.65. The van der Waals surface area contributed by atoms with Crippen molar-refractivity contribution in [1.29, 1.82) is 0 Å². The van der Waals surface area contributed by atoms with Crippen LogP contribution >= 0.6 is 0 Å². The van der Waals surface area contributed by atoms with E-state index in [1.54, 1.807) is 18.3 Å². The van der Waals surface area contributed by atoms with Crippen LogP contribution in [-0.2, 0) is 0 Å². The van der Waals surface area contributed by atoms with E-state index in [4.69, 9.17) is 4.74 Å². The molecular formula is C15H12N2O2. The Morgan fingerprint density at radius 3 is 2.68 bits per heavy atom. The second-order valence-electron chi connectivity index (χ2n) is 4.37. The highest BCUT2D eigenvalue weighted by atomic mass is 16.5. The largest absolute Gasteiger partial charge is 0.508 e. The molecule has 19 heavy (non-hydrogen) atoms. The standard InChI is InChI=1S/C15H12N2O2/c1-10-6-15(17-16-9-10)19-14-5-3-11-2-4-13(18)7-12(11)8-14/h2-9,18H,1H3. The number of phenolic OH excluding ortho intramolecular Hbond substituents is 1. The van der Waals surface area contributed by atoms with Crippen LogP contribution in [0.2, 0.25) is 0 Å². The normalized spacial score (nSPS) is 10.6. The quantitative estimate of drug-likeness (QED) is 0.759. The van der Waals surface area contributed by atoms with Gasteiger partial charge in [-0.25, -0.2) is 0 Å². The Labute approximate surface area is 110 Å². The molecule has 2 aromatic carbocycles.